The van der Waals surface area contributed by atoms with Crippen LogP contribution in [0, 0.1) is 11.8 Å². The maximum atomic E-state index is 9.56. The van der Waals surface area contributed by atoms with Gasteiger partial charge >= 0.3 is 0 Å². The third-order valence-corrected chi connectivity index (χ3v) is 3.22. The molecule has 0 saturated carbocycles. The second-order valence-electron chi connectivity index (χ2n) is 5.32. The highest BCUT2D eigenvalue weighted by Gasteiger charge is 2.17. The van der Waals surface area contributed by atoms with Crippen molar-refractivity contribution in [3.05, 3.63) is 12.7 Å². The molecule has 0 rings (SSSR count). The summed E-state index contributed by atoms with van der Waals surface area (Å²) in [5.74, 6) is 6.09. The van der Waals surface area contributed by atoms with Crippen LogP contribution in [0.3, 0.4) is 0 Å². The van der Waals surface area contributed by atoms with E-state index in [1.165, 1.54) is 0 Å². The van der Waals surface area contributed by atoms with Gasteiger partial charge in [-0.2, -0.15) is 0 Å². The molecule has 0 spiro atoms. The Morgan fingerprint density at radius 3 is 2.41 bits per heavy atom. The Kier molecular flexibility index (Phi) is 8.23. The summed E-state index contributed by atoms with van der Waals surface area (Å²) in [4.78, 5) is 0. The highest BCUT2D eigenvalue weighted by Crippen LogP contribution is 2.09. The maximum Gasteiger partial charge on any atom is 0.184 e. The number of rotatable bonds is 7. The summed E-state index contributed by atoms with van der Waals surface area (Å²) >= 11 is 0. The number of hydrogen-bond acceptors (Lipinski definition) is 2. The number of hydrogen-bond donors (Lipinski definition) is 1. The van der Waals surface area contributed by atoms with Crippen LogP contribution in [0.5, 0.6) is 0 Å². The van der Waals surface area contributed by atoms with Gasteiger partial charge in [-0.15, -0.1) is 18.4 Å². The molecule has 1 N–H and O–H groups in total. The largest absolute Gasteiger partial charge is 0.414 e. The fraction of sp³-hybridized carbons (Fsp3) is 0.714. The number of allylic oxidation sites excluding steroid dienone is 1. The van der Waals surface area contributed by atoms with Crippen LogP contribution in [0.2, 0.25) is 19.6 Å². The Balaban J connectivity index is 3.77. The van der Waals surface area contributed by atoms with Crippen LogP contribution in [0.1, 0.15) is 32.6 Å². The van der Waals surface area contributed by atoms with Crippen molar-refractivity contribution in [2.45, 2.75) is 64.5 Å². The van der Waals surface area contributed by atoms with Gasteiger partial charge in [-0.3, -0.25) is 0 Å². The first-order valence-electron chi connectivity index (χ1n) is 6.27. The van der Waals surface area contributed by atoms with Gasteiger partial charge in [-0.25, -0.2) is 0 Å². The highest BCUT2D eigenvalue weighted by molar-refractivity contribution is 6.69. The van der Waals surface area contributed by atoms with Crippen LogP contribution in [0.15, 0.2) is 12.7 Å². The molecule has 98 valence electrons. The molecule has 2 nitrogen and oxygen atoms in total. The van der Waals surface area contributed by atoms with Crippen LogP contribution in [0.4, 0.5) is 0 Å². The fourth-order valence-corrected chi connectivity index (χ4v) is 2.75. The zero-order valence-corrected chi connectivity index (χ0v) is 12.6. The molecule has 2 atom stereocenters. The SMILES string of the molecule is C=CCCC(O)CC#CCC(C)O[Si](C)(C)C. The van der Waals surface area contributed by atoms with Gasteiger partial charge in [-0.1, -0.05) is 6.08 Å². The Bertz CT molecular complexity index is 270. The molecule has 0 bridgehead atoms. The summed E-state index contributed by atoms with van der Waals surface area (Å²) in [6.45, 7) is 12.2. The Hall–Kier alpha value is -0.563. The normalized spacial score (nSPS) is 14.6. The van der Waals surface area contributed by atoms with Gasteiger partial charge in [0.2, 0.25) is 0 Å². The Morgan fingerprint density at radius 1 is 1.29 bits per heavy atom. The predicted molar refractivity (Wildman–Crippen MR) is 76.3 cm³/mol. The molecule has 0 aromatic carbocycles. The predicted octanol–water partition coefficient (Wildman–Crippen LogP) is 3.34. The lowest BCUT2D eigenvalue weighted by Gasteiger charge is -2.21. The lowest BCUT2D eigenvalue weighted by atomic mass is 10.1. The molecule has 3 heteroatoms. The van der Waals surface area contributed by atoms with E-state index in [4.69, 9.17) is 4.43 Å². The van der Waals surface area contributed by atoms with Crippen LogP contribution < -0.4 is 0 Å². The standard InChI is InChI=1S/C14H26O2Si/c1-6-7-11-14(15)12-9-8-10-13(2)16-17(3,4)5/h6,13-15H,1,7,10-12H2,2-5H3. The van der Waals surface area contributed by atoms with Crippen molar-refractivity contribution in [1.29, 1.82) is 0 Å². The molecular formula is C14H26O2Si. The van der Waals surface area contributed by atoms with Gasteiger partial charge in [0.05, 0.1) is 12.2 Å². The monoisotopic (exact) mass is 254 g/mol. The van der Waals surface area contributed by atoms with Crippen molar-refractivity contribution in [3.8, 4) is 11.8 Å². The van der Waals surface area contributed by atoms with Gasteiger partial charge in [0.15, 0.2) is 8.32 Å². The Morgan fingerprint density at radius 2 is 1.88 bits per heavy atom. The first-order valence-corrected chi connectivity index (χ1v) is 9.68. The van der Waals surface area contributed by atoms with Crippen molar-refractivity contribution < 1.29 is 9.53 Å². The zero-order valence-electron chi connectivity index (χ0n) is 11.6. The molecule has 0 aromatic rings. The molecule has 0 heterocycles. The van der Waals surface area contributed by atoms with Gasteiger partial charge in [0.25, 0.3) is 0 Å². The summed E-state index contributed by atoms with van der Waals surface area (Å²) in [5.41, 5.74) is 0. The summed E-state index contributed by atoms with van der Waals surface area (Å²) < 4.78 is 5.87. The van der Waals surface area contributed by atoms with E-state index in [9.17, 15) is 5.11 Å². The molecule has 0 saturated heterocycles. The number of aliphatic hydroxyl groups is 1. The average molecular weight is 254 g/mol. The second-order valence-corrected chi connectivity index (χ2v) is 9.78. The van der Waals surface area contributed by atoms with Crippen LogP contribution in [0.25, 0.3) is 0 Å². The fourth-order valence-electron chi connectivity index (χ4n) is 1.46. The van der Waals surface area contributed by atoms with Gasteiger partial charge in [0.1, 0.15) is 0 Å². The average Bonchev–Trinajstić information content (AvgIpc) is 2.19. The minimum atomic E-state index is -1.45. The van der Waals surface area contributed by atoms with Crippen LogP contribution >= 0.6 is 0 Å². The summed E-state index contributed by atoms with van der Waals surface area (Å²) in [5, 5.41) is 9.56. The smallest absolute Gasteiger partial charge is 0.184 e. The first kappa shape index (κ1) is 16.4. The van der Waals surface area contributed by atoms with E-state index in [1.807, 2.05) is 6.08 Å². The second kappa shape index (κ2) is 8.52. The van der Waals surface area contributed by atoms with E-state index in [0.29, 0.717) is 6.42 Å². The molecule has 2 unspecified atom stereocenters. The molecule has 0 aliphatic carbocycles. The van der Waals surface area contributed by atoms with Crippen molar-refractivity contribution >= 4 is 8.32 Å². The molecule has 0 fully saturated rings. The third kappa shape index (κ3) is 11.7. The third-order valence-electron chi connectivity index (χ3n) is 2.11. The van der Waals surface area contributed by atoms with E-state index in [0.717, 1.165) is 19.3 Å². The molecular weight excluding hydrogens is 228 g/mol. The summed E-state index contributed by atoms with van der Waals surface area (Å²) in [6.07, 6.45) is 4.58. The minimum absolute atomic E-state index is 0.194. The van der Waals surface area contributed by atoms with Gasteiger partial charge in [-0.05, 0) is 39.4 Å². The Labute approximate surface area is 107 Å². The maximum absolute atomic E-state index is 9.56. The molecule has 0 aromatic heterocycles. The zero-order chi connectivity index (χ0) is 13.3. The molecule has 0 aliphatic rings. The quantitative estimate of drug-likeness (QED) is 0.429. The number of aliphatic hydroxyl groups excluding tert-OH is 1. The van der Waals surface area contributed by atoms with Crippen molar-refractivity contribution in [1.82, 2.24) is 0 Å². The summed E-state index contributed by atoms with van der Waals surface area (Å²) in [6, 6.07) is 0. The lowest BCUT2D eigenvalue weighted by molar-refractivity contribution is 0.171. The van der Waals surface area contributed by atoms with E-state index in [-0.39, 0.29) is 12.2 Å². The van der Waals surface area contributed by atoms with Crippen LogP contribution in [-0.4, -0.2) is 25.6 Å². The van der Waals surface area contributed by atoms with Crippen molar-refractivity contribution in [3.63, 3.8) is 0 Å². The van der Waals surface area contributed by atoms with Crippen LogP contribution in [-0.2, 0) is 4.43 Å². The van der Waals surface area contributed by atoms with E-state index in [1.54, 1.807) is 0 Å². The molecule has 0 radical (unpaired) electrons. The van der Waals surface area contributed by atoms with Gasteiger partial charge < -0.3 is 9.53 Å². The van der Waals surface area contributed by atoms with E-state index >= 15 is 0 Å². The highest BCUT2D eigenvalue weighted by atomic mass is 28.4. The van der Waals surface area contributed by atoms with E-state index in [2.05, 4.69) is 45.0 Å². The first-order chi connectivity index (χ1) is 7.85. The molecule has 0 amide bonds. The lowest BCUT2D eigenvalue weighted by Crippen LogP contribution is -2.30. The minimum Gasteiger partial charge on any atom is -0.414 e. The van der Waals surface area contributed by atoms with Crippen molar-refractivity contribution in [2.24, 2.45) is 0 Å². The van der Waals surface area contributed by atoms with E-state index < -0.39 is 8.32 Å². The summed E-state index contributed by atoms with van der Waals surface area (Å²) in [7, 11) is -1.45. The molecule has 0 aliphatic heterocycles. The molecule has 17 heavy (non-hydrogen) atoms. The van der Waals surface area contributed by atoms with Gasteiger partial charge in [0, 0.05) is 12.8 Å². The van der Waals surface area contributed by atoms with Crippen molar-refractivity contribution in [2.75, 3.05) is 0 Å². The topological polar surface area (TPSA) is 29.5 Å².